The van der Waals surface area contributed by atoms with Gasteiger partial charge in [-0.2, -0.15) is 0 Å². The molecule has 104 valence electrons. The highest BCUT2D eigenvalue weighted by atomic mass is 79.9. The molecule has 0 aromatic heterocycles. The van der Waals surface area contributed by atoms with Crippen molar-refractivity contribution in [1.82, 2.24) is 0 Å². The van der Waals surface area contributed by atoms with Crippen LogP contribution in [0.3, 0.4) is 0 Å². The van der Waals surface area contributed by atoms with Crippen LogP contribution in [0.4, 0.5) is 0 Å². The minimum atomic E-state index is -0.380. The average molecular weight is 325 g/mol. The van der Waals surface area contributed by atoms with Crippen LogP contribution in [0.15, 0.2) is 22.7 Å². The molecule has 1 N–H and O–H groups in total. The van der Waals surface area contributed by atoms with Crippen molar-refractivity contribution in [3.63, 3.8) is 0 Å². The molecule has 2 atom stereocenters. The second-order valence-electron chi connectivity index (χ2n) is 5.91. The normalized spacial score (nSPS) is 27.7. The summed E-state index contributed by atoms with van der Waals surface area (Å²) >= 11 is 3.45. The maximum Gasteiger partial charge on any atom is 0.125 e. The smallest absolute Gasteiger partial charge is 0.125 e. The number of benzene rings is 1. The molecule has 0 radical (unpaired) electrons. The average Bonchev–Trinajstić information content (AvgIpc) is 2.41. The molecule has 3 rings (SSSR count). The number of rotatable bonds is 2. The minimum Gasteiger partial charge on any atom is -0.490 e. The van der Waals surface area contributed by atoms with Crippen LogP contribution in [0.25, 0.3) is 0 Å². The van der Waals surface area contributed by atoms with Gasteiger partial charge in [-0.15, -0.1) is 0 Å². The lowest BCUT2D eigenvalue weighted by Crippen LogP contribution is -2.28. The van der Waals surface area contributed by atoms with Gasteiger partial charge in [0.05, 0.1) is 6.10 Å². The second-order valence-corrected chi connectivity index (χ2v) is 6.83. The summed E-state index contributed by atoms with van der Waals surface area (Å²) in [5.74, 6) is 1.66. The first-order valence-corrected chi connectivity index (χ1v) is 8.16. The number of hydrogen-bond donors (Lipinski definition) is 1. The van der Waals surface area contributed by atoms with Crippen LogP contribution in [0.1, 0.15) is 56.6 Å². The lowest BCUT2D eigenvalue weighted by molar-refractivity contribution is 0.0494. The first-order chi connectivity index (χ1) is 9.22. The highest BCUT2D eigenvalue weighted by Crippen LogP contribution is 2.39. The van der Waals surface area contributed by atoms with Crippen molar-refractivity contribution in [2.24, 2.45) is 5.92 Å². The summed E-state index contributed by atoms with van der Waals surface area (Å²) in [5.41, 5.74) is 0.925. The first-order valence-electron chi connectivity index (χ1n) is 7.36. The van der Waals surface area contributed by atoms with E-state index in [-0.39, 0.29) is 12.2 Å². The van der Waals surface area contributed by atoms with Crippen LogP contribution >= 0.6 is 15.9 Å². The zero-order chi connectivity index (χ0) is 13.2. The molecule has 1 aliphatic heterocycles. The molecule has 1 aliphatic carbocycles. The Hall–Kier alpha value is -0.540. The van der Waals surface area contributed by atoms with E-state index in [1.165, 1.54) is 32.1 Å². The Morgan fingerprint density at radius 2 is 2.00 bits per heavy atom. The van der Waals surface area contributed by atoms with Gasteiger partial charge in [-0.3, -0.25) is 0 Å². The predicted octanol–water partition coefficient (Wildman–Crippen LogP) is 4.60. The second kappa shape index (κ2) is 5.84. The topological polar surface area (TPSA) is 29.5 Å². The first kappa shape index (κ1) is 13.4. The standard InChI is InChI=1S/C16H21BrO2/c17-12-6-7-16-14(9-12)15(18)10-13(19-16)8-11-4-2-1-3-5-11/h6-7,9,11,13,15,18H,1-5,8,10H2/t13?,15-/m1/s1. The SMILES string of the molecule is O[C@@H]1CC(CC2CCCCC2)Oc2ccc(Br)cc21. The summed E-state index contributed by atoms with van der Waals surface area (Å²) in [6.45, 7) is 0. The van der Waals surface area contributed by atoms with E-state index in [9.17, 15) is 5.11 Å². The Bertz CT molecular complexity index is 440. The van der Waals surface area contributed by atoms with Gasteiger partial charge < -0.3 is 9.84 Å². The molecule has 0 saturated heterocycles. The van der Waals surface area contributed by atoms with Crippen molar-refractivity contribution in [2.75, 3.05) is 0 Å². The molecule has 1 unspecified atom stereocenters. The number of hydrogen-bond acceptors (Lipinski definition) is 2. The fraction of sp³-hybridized carbons (Fsp3) is 0.625. The number of ether oxygens (including phenoxy) is 1. The van der Waals surface area contributed by atoms with E-state index < -0.39 is 0 Å². The third kappa shape index (κ3) is 3.14. The molecule has 1 heterocycles. The summed E-state index contributed by atoms with van der Waals surface area (Å²) in [4.78, 5) is 0. The largest absolute Gasteiger partial charge is 0.490 e. The zero-order valence-electron chi connectivity index (χ0n) is 11.1. The molecule has 0 spiro atoms. The Labute approximate surface area is 123 Å². The molecule has 1 aromatic carbocycles. The molecular weight excluding hydrogens is 304 g/mol. The molecule has 3 heteroatoms. The maximum atomic E-state index is 10.3. The molecule has 0 amide bonds. The van der Waals surface area contributed by atoms with Gasteiger partial charge in [0.15, 0.2) is 0 Å². The highest BCUT2D eigenvalue weighted by Gasteiger charge is 2.29. The maximum absolute atomic E-state index is 10.3. The van der Waals surface area contributed by atoms with Crippen LogP contribution in [-0.4, -0.2) is 11.2 Å². The van der Waals surface area contributed by atoms with E-state index in [0.29, 0.717) is 0 Å². The Morgan fingerprint density at radius 1 is 1.21 bits per heavy atom. The van der Waals surface area contributed by atoms with Gasteiger partial charge in [0.25, 0.3) is 0 Å². The molecule has 1 fully saturated rings. The quantitative estimate of drug-likeness (QED) is 0.861. The third-order valence-electron chi connectivity index (χ3n) is 4.43. The van der Waals surface area contributed by atoms with Gasteiger partial charge in [-0.05, 0) is 30.5 Å². The number of fused-ring (bicyclic) bond motifs is 1. The van der Waals surface area contributed by atoms with Crippen molar-refractivity contribution >= 4 is 15.9 Å². The van der Waals surface area contributed by atoms with Crippen molar-refractivity contribution in [3.8, 4) is 5.75 Å². The lowest BCUT2D eigenvalue weighted by Gasteiger charge is -2.33. The predicted molar refractivity (Wildman–Crippen MR) is 79.3 cm³/mol. The molecule has 2 nitrogen and oxygen atoms in total. The lowest BCUT2D eigenvalue weighted by atomic mass is 9.83. The summed E-state index contributed by atoms with van der Waals surface area (Å²) in [7, 11) is 0. The summed E-state index contributed by atoms with van der Waals surface area (Å²) in [5, 5.41) is 10.3. The molecule has 1 aromatic rings. The zero-order valence-corrected chi connectivity index (χ0v) is 12.7. The van der Waals surface area contributed by atoms with Gasteiger partial charge in [0.1, 0.15) is 11.9 Å². The van der Waals surface area contributed by atoms with E-state index in [4.69, 9.17) is 4.74 Å². The van der Waals surface area contributed by atoms with Crippen LogP contribution in [0.5, 0.6) is 5.75 Å². The Kier molecular flexibility index (Phi) is 4.13. The summed E-state index contributed by atoms with van der Waals surface area (Å²) in [6.07, 6.45) is 8.44. The summed E-state index contributed by atoms with van der Waals surface area (Å²) < 4.78 is 7.08. The van der Waals surface area contributed by atoms with Gasteiger partial charge in [0, 0.05) is 16.5 Å². The van der Waals surface area contributed by atoms with Crippen LogP contribution in [-0.2, 0) is 0 Å². The fourth-order valence-corrected chi connectivity index (χ4v) is 3.81. The van der Waals surface area contributed by atoms with Crippen molar-refractivity contribution in [1.29, 1.82) is 0 Å². The molecule has 19 heavy (non-hydrogen) atoms. The monoisotopic (exact) mass is 324 g/mol. The van der Waals surface area contributed by atoms with Gasteiger partial charge in [0.2, 0.25) is 0 Å². The molecule has 0 bridgehead atoms. The van der Waals surface area contributed by atoms with Crippen LogP contribution in [0, 0.1) is 5.92 Å². The van der Waals surface area contributed by atoms with Crippen molar-refractivity contribution in [3.05, 3.63) is 28.2 Å². The third-order valence-corrected chi connectivity index (χ3v) is 4.92. The summed E-state index contributed by atoms with van der Waals surface area (Å²) in [6, 6.07) is 5.92. The van der Waals surface area contributed by atoms with Crippen molar-refractivity contribution in [2.45, 2.75) is 57.2 Å². The number of aliphatic hydroxyl groups is 1. The van der Waals surface area contributed by atoms with Gasteiger partial charge >= 0.3 is 0 Å². The van der Waals surface area contributed by atoms with Gasteiger partial charge in [-0.1, -0.05) is 48.0 Å². The van der Waals surface area contributed by atoms with E-state index in [1.807, 2.05) is 18.2 Å². The van der Waals surface area contributed by atoms with E-state index in [1.54, 1.807) is 0 Å². The minimum absolute atomic E-state index is 0.187. The number of halogens is 1. The Morgan fingerprint density at radius 3 is 2.79 bits per heavy atom. The van der Waals surface area contributed by atoms with Crippen molar-refractivity contribution < 1.29 is 9.84 Å². The highest BCUT2D eigenvalue weighted by molar-refractivity contribution is 9.10. The van der Waals surface area contributed by atoms with E-state index >= 15 is 0 Å². The fourth-order valence-electron chi connectivity index (χ4n) is 3.43. The molecule has 2 aliphatic rings. The number of aliphatic hydroxyl groups excluding tert-OH is 1. The van der Waals surface area contributed by atoms with Crippen LogP contribution < -0.4 is 4.74 Å². The molecule has 1 saturated carbocycles. The van der Waals surface area contributed by atoms with Gasteiger partial charge in [-0.25, -0.2) is 0 Å². The Balaban J connectivity index is 1.68. The van der Waals surface area contributed by atoms with E-state index in [0.717, 1.165) is 34.5 Å². The molecular formula is C16H21BrO2. The van der Waals surface area contributed by atoms with Crippen LogP contribution in [0.2, 0.25) is 0 Å². The van der Waals surface area contributed by atoms with E-state index in [2.05, 4.69) is 15.9 Å².